The minimum Gasteiger partial charge on any atom is -0.377 e. The highest BCUT2D eigenvalue weighted by Gasteiger charge is 2.34. The van der Waals surface area contributed by atoms with E-state index in [1.807, 2.05) is 0 Å². The van der Waals surface area contributed by atoms with E-state index < -0.39 is 0 Å². The Morgan fingerprint density at radius 2 is 1.78 bits per heavy atom. The molecule has 2 rings (SSSR count). The molecule has 2 heteroatoms. The molecule has 1 N–H and O–H groups in total. The van der Waals surface area contributed by atoms with Gasteiger partial charge < -0.3 is 10.1 Å². The van der Waals surface area contributed by atoms with Crippen molar-refractivity contribution in [2.24, 2.45) is 11.8 Å². The zero-order chi connectivity index (χ0) is 12.8. The first-order valence-corrected chi connectivity index (χ1v) is 8.20. The third kappa shape index (κ3) is 4.24. The van der Waals surface area contributed by atoms with Gasteiger partial charge in [0.05, 0.1) is 6.10 Å². The lowest BCUT2D eigenvalue weighted by Crippen LogP contribution is -2.46. The molecule has 0 aromatic carbocycles. The molecule has 0 heterocycles. The van der Waals surface area contributed by atoms with E-state index in [9.17, 15) is 0 Å². The van der Waals surface area contributed by atoms with Gasteiger partial charge in [-0.2, -0.15) is 0 Å². The van der Waals surface area contributed by atoms with Crippen LogP contribution in [0.3, 0.4) is 0 Å². The van der Waals surface area contributed by atoms with Crippen molar-refractivity contribution in [3.63, 3.8) is 0 Å². The standard InChI is InChI=1S/C16H31NO/c1-3-17-15(12-13-10-11-13)16(18-4-2)14-8-6-5-7-9-14/h13-17H,3-12H2,1-2H3. The molecule has 106 valence electrons. The Balaban J connectivity index is 1.93. The van der Waals surface area contributed by atoms with Crippen LogP contribution in [-0.4, -0.2) is 25.3 Å². The molecule has 2 fully saturated rings. The molecule has 0 bridgehead atoms. The Kier molecular flexibility index (Phi) is 5.97. The van der Waals surface area contributed by atoms with Gasteiger partial charge in [-0.15, -0.1) is 0 Å². The fourth-order valence-corrected chi connectivity index (χ4v) is 3.54. The number of nitrogens with one attached hydrogen (secondary N) is 1. The Labute approximate surface area is 113 Å². The Morgan fingerprint density at radius 3 is 2.33 bits per heavy atom. The molecule has 0 radical (unpaired) electrons. The average molecular weight is 253 g/mol. The highest BCUT2D eigenvalue weighted by molar-refractivity contribution is 4.89. The van der Waals surface area contributed by atoms with Gasteiger partial charge in [-0.1, -0.05) is 39.0 Å². The largest absolute Gasteiger partial charge is 0.377 e. The molecule has 2 aliphatic rings. The van der Waals surface area contributed by atoms with E-state index in [0.717, 1.165) is 25.0 Å². The van der Waals surface area contributed by atoms with E-state index in [0.29, 0.717) is 12.1 Å². The van der Waals surface area contributed by atoms with Gasteiger partial charge in [0.2, 0.25) is 0 Å². The third-order valence-corrected chi connectivity index (χ3v) is 4.62. The molecule has 0 aliphatic heterocycles. The van der Waals surface area contributed by atoms with Gasteiger partial charge in [0, 0.05) is 12.6 Å². The lowest BCUT2D eigenvalue weighted by molar-refractivity contribution is -0.0201. The first-order chi connectivity index (χ1) is 8.85. The Hall–Kier alpha value is -0.0800. The summed E-state index contributed by atoms with van der Waals surface area (Å²) in [6.07, 6.45) is 11.7. The van der Waals surface area contributed by atoms with Crippen LogP contribution in [0.25, 0.3) is 0 Å². The van der Waals surface area contributed by atoms with Crippen molar-refractivity contribution in [2.45, 2.75) is 77.4 Å². The molecule has 0 saturated heterocycles. The predicted octanol–water partition coefficient (Wildman–Crippen LogP) is 3.75. The molecule has 2 saturated carbocycles. The number of hydrogen-bond donors (Lipinski definition) is 1. The average Bonchev–Trinajstić information content (AvgIpc) is 3.21. The molecular formula is C16H31NO. The van der Waals surface area contributed by atoms with E-state index in [1.54, 1.807) is 0 Å². The summed E-state index contributed by atoms with van der Waals surface area (Å²) in [5, 5.41) is 3.71. The van der Waals surface area contributed by atoms with E-state index in [2.05, 4.69) is 19.2 Å². The minimum atomic E-state index is 0.468. The fourth-order valence-electron chi connectivity index (χ4n) is 3.54. The van der Waals surface area contributed by atoms with E-state index in [-0.39, 0.29) is 0 Å². The SMILES string of the molecule is CCNC(CC1CC1)C(OCC)C1CCCCC1. The highest BCUT2D eigenvalue weighted by Crippen LogP contribution is 2.37. The number of rotatable bonds is 8. The van der Waals surface area contributed by atoms with Crippen molar-refractivity contribution in [1.82, 2.24) is 5.32 Å². The topological polar surface area (TPSA) is 21.3 Å². The van der Waals surface area contributed by atoms with E-state index in [4.69, 9.17) is 4.74 Å². The van der Waals surface area contributed by atoms with Gasteiger partial charge in [-0.05, 0) is 44.6 Å². The normalized spacial score (nSPS) is 25.0. The Bertz CT molecular complexity index is 221. The van der Waals surface area contributed by atoms with Crippen molar-refractivity contribution >= 4 is 0 Å². The Morgan fingerprint density at radius 1 is 1.06 bits per heavy atom. The molecular weight excluding hydrogens is 222 g/mol. The van der Waals surface area contributed by atoms with Crippen LogP contribution in [0, 0.1) is 11.8 Å². The molecule has 2 nitrogen and oxygen atoms in total. The molecule has 0 spiro atoms. The summed E-state index contributed by atoms with van der Waals surface area (Å²) in [6.45, 7) is 6.32. The maximum Gasteiger partial charge on any atom is 0.0756 e. The summed E-state index contributed by atoms with van der Waals surface area (Å²) in [6, 6.07) is 0.602. The van der Waals surface area contributed by atoms with Crippen LogP contribution in [0.4, 0.5) is 0 Å². The molecule has 2 unspecified atom stereocenters. The van der Waals surface area contributed by atoms with Crippen LogP contribution in [0.2, 0.25) is 0 Å². The van der Waals surface area contributed by atoms with Crippen LogP contribution < -0.4 is 5.32 Å². The maximum absolute atomic E-state index is 6.16. The van der Waals surface area contributed by atoms with Crippen molar-refractivity contribution in [2.75, 3.05) is 13.2 Å². The van der Waals surface area contributed by atoms with Crippen LogP contribution in [0.1, 0.15) is 65.2 Å². The first kappa shape index (κ1) is 14.3. The highest BCUT2D eigenvalue weighted by atomic mass is 16.5. The lowest BCUT2D eigenvalue weighted by atomic mass is 9.81. The zero-order valence-electron chi connectivity index (χ0n) is 12.3. The van der Waals surface area contributed by atoms with Gasteiger partial charge in [0.1, 0.15) is 0 Å². The quantitative estimate of drug-likeness (QED) is 0.711. The summed E-state index contributed by atoms with van der Waals surface area (Å²) in [5.74, 6) is 1.79. The number of hydrogen-bond acceptors (Lipinski definition) is 2. The van der Waals surface area contributed by atoms with E-state index in [1.165, 1.54) is 51.4 Å². The first-order valence-electron chi connectivity index (χ1n) is 8.20. The molecule has 18 heavy (non-hydrogen) atoms. The zero-order valence-corrected chi connectivity index (χ0v) is 12.3. The second kappa shape index (κ2) is 7.49. The minimum absolute atomic E-state index is 0.468. The van der Waals surface area contributed by atoms with Crippen molar-refractivity contribution < 1.29 is 4.74 Å². The predicted molar refractivity (Wildman–Crippen MR) is 76.8 cm³/mol. The monoisotopic (exact) mass is 253 g/mol. The van der Waals surface area contributed by atoms with Gasteiger partial charge in [0.25, 0.3) is 0 Å². The van der Waals surface area contributed by atoms with Crippen molar-refractivity contribution in [1.29, 1.82) is 0 Å². The van der Waals surface area contributed by atoms with Crippen LogP contribution >= 0.6 is 0 Å². The van der Waals surface area contributed by atoms with Gasteiger partial charge in [-0.25, -0.2) is 0 Å². The number of ether oxygens (including phenoxy) is 1. The van der Waals surface area contributed by atoms with Gasteiger partial charge >= 0.3 is 0 Å². The smallest absolute Gasteiger partial charge is 0.0756 e. The second-order valence-corrected chi connectivity index (χ2v) is 6.16. The maximum atomic E-state index is 6.16. The molecule has 0 aromatic rings. The van der Waals surface area contributed by atoms with Gasteiger partial charge in [-0.3, -0.25) is 0 Å². The summed E-state index contributed by atoms with van der Waals surface area (Å²) >= 11 is 0. The van der Waals surface area contributed by atoms with Crippen LogP contribution in [-0.2, 0) is 4.74 Å². The van der Waals surface area contributed by atoms with Crippen LogP contribution in [0.15, 0.2) is 0 Å². The summed E-state index contributed by atoms with van der Waals surface area (Å²) < 4.78 is 6.16. The van der Waals surface area contributed by atoms with Crippen molar-refractivity contribution in [3.8, 4) is 0 Å². The third-order valence-electron chi connectivity index (χ3n) is 4.62. The molecule has 0 aromatic heterocycles. The summed E-state index contributed by atoms with van der Waals surface area (Å²) in [4.78, 5) is 0. The molecule has 2 aliphatic carbocycles. The van der Waals surface area contributed by atoms with Crippen molar-refractivity contribution in [3.05, 3.63) is 0 Å². The fraction of sp³-hybridized carbons (Fsp3) is 1.00. The summed E-state index contributed by atoms with van der Waals surface area (Å²) in [7, 11) is 0. The molecule has 0 amide bonds. The van der Waals surface area contributed by atoms with Gasteiger partial charge in [0.15, 0.2) is 0 Å². The van der Waals surface area contributed by atoms with Crippen LogP contribution in [0.5, 0.6) is 0 Å². The molecule has 2 atom stereocenters. The lowest BCUT2D eigenvalue weighted by Gasteiger charge is -2.36. The second-order valence-electron chi connectivity index (χ2n) is 6.16. The number of likely N-dealkylation sites (N-methyl/N-ethyl adjacent to an activating group) is 1. The summed E-state index contributed by atoms with van der Waals surface area (Å²) in [5.41, 5.74) is 0. The van der Waals surface area contributed by atoms with E-state index >= 15 is 0 Å².